The summed E-state index contributed by atoms with van der Waals surface area (Å²) in [6, 6.07) is 0. The van der Waals surface area contributed by atoms with Gasteiger partial charge in [-0.25, -0.2) is 0 Å². The molecule has 0 radical (unpaired) electrons. The van der Waals surface area contributed by atoms with Crippen LogP contribution in [0.25, 0.3) is 0 Å². The maximum Gasteiger partial charge on any atom is 0.139 e. The van der Waals surface area contributed by atoms with Crippen LogP contribution >= 0.6 is 0 Å². The van der Waals surface area contributed by atoms with Crippen LogP contribution < -0.4 is 0 Å². The monoisotopic (exact) mass is 126 g/mol. The van der Waals surface area contributed by atoms with Crippen molar-refractivity contribution >= 4 is 6.71 Å². The van der Waals surface area contributed by atoms with E-state index in [9.17, 15) is 0 Å². The van der Waals surface area contributed by atoms with Gasteiger partial charge in [0.15, 0.2) is 0 Å². The molecule has 0 spiro atoms. The van der Waals surface area contributed by atoms with E-state index in [0.29, 0.717) is 0 Å². The lowest BCUT2D eigenvalue weighted by Crippen LogP contribution is -2.13. The van der Waals surface area contributed by atoms with Crippen molar-refractivity contribution in [3.8, 4) is 0 Å². The molecule has 0 unspecified atom stereocenters. The summed E-state index contributed by atoms with van der Waals surface area (Å²) in [6.07, 6.45) is 1.37. The van der Waals surface area contributed by atoms with Crippen molar-refractivity contribution < 1.29 is 0 Å². The molecule has 0 rings (SSSR count). The Labute approximate surface area is 60.1 Å². The van der Waals surface area contributed by atoms with Gasteiger partial charge in [0.25, 0.3) is 0 Å². The minimum absolute atomic E-state index is 0.854. The van der Waals surface area contributed by atoms with E-state index in [1.165, 1.54) is 6.32 Å². The zero-order valence-corrected chi connectivity index (χ0v) is 7.44. The summed E-state index contributed by atoms with van der Waals surface area (Å²) in [6.45, 7) is 12.4. The Hall–Kier alpha value is 0.0649. The topological polar surface area (TPSA) is 0 Å². The van der Waals surface area contributed by atoms with Crippen LogP contribution in [0.3, 0.4) is 0 Å². The second-order valence-corrected chi connectivity index (χ2v) is 3.85. The Morgan fingerprint density at radius 1 is 1.11 bits per heavy atom. The normalized spacial score (nSPS) is 11.0. The first-order valence-corrected chi connectivity index (χ1v) is 4.04. The predicted octanol–water partition coefficient (Wildman–Crippen LogP) is 3.18. The highest BCUT2D eigenvalue weighted by Gasteiger charge is 2.12. The van der Waals surface area contributed by atoms with Gasteiger partial charge in [-0.05, 0) is 0 Å². The molecule has 0 amide bonds. The van der Waals surface area contributed by atoms with E-state index in [4.69, 9.17) is 0 Å². The van der Waals surface area contributed by atoms with Crippen molar-refractivity contribution in [2.24, 2.45) is 5.92 Å². The highest BCUT2D eigenvalue weighted by atomic mass is 13.9. The van der Waals surface area contributed by atoms with Gasteiger partial charge in [-0.3, -0.25) is 0 Å². The zero-order valence-electron chi connectivity index (χ0n) is 7.44. The summed E-state index contributed by atoms with van der Waals surface area (Å²) in [5.41, 5.74) is 0. The summed E-state index contributed by atoms with van der Waals surface area (Å²) in [4.78, 5) is 0. The second kappa shape index (κ2) is 3.97. The van der Waals surface area contributed by atoms with E-state index in [2.05, 4.69) is 34.5 Å². The molecule has 0 aromatic carbocycles. The fourth-order valence-electron chi connectivity index (χ4n) is 1.02. The maximum absolute atomic E-state index is 2.34. The quantitative estimate of drug-likeness (QED) is 0.509. The molecule has 9 heavy (non-hydrogen) atoms. The first-order valence-electron chi connectivity index (χ1n) is 4.04. The SMILES string of the molecule is CB(CC(C)C)C(C)C. The minimum atomic E-state index is 0.854. The largest absolute Gasteiger partial charge is 0.139 e. The maximum atomic E-state index is 2.34. The van der Waals surface area contributed by atoms with Crippen LogP contribution in [0.5, 0.6) is 0 Å². The van der Waals surface area contributed by atoms with Crippen molar-refractivity contribution in [1.82, 2.24) is 0 Å². The van der Waals surface area contributed by atoms with E-state index in [0.717, 1.165) is 18.4 Å². The van der Waals surface area contributed by atoms with Crippen LogP contribution in [-0.2, 0) is 0 Å². The van der Waals surface area contributed by atoms with E-state index < -0.39 is 0 Å². The van der Waals surface area contributed by atoms with E-state index in [1.54, 1.807) is 0 Å². The third-order valence-electron chi connectivity index (χ3n) is 1.98. The van der Waals surface area contributed by atoms with Crippen LogP contribution in [-0.4, -0.2) is 6.71 Å². The smallest absolute Gasteiger partial charge is 0.0859 e. The average Bonchev–Trinajstić information content (AvgIpc) is 1.63. The van der Waals surface area contributed by atoms with Crippen LogP contribution in [0.15, 0.2) is 0 Å². The molecule has 1 heteroatoms. The van der Waals surface area contributed by atoms with Gasteiger partial charge in [0.05, 0.1) is 0 Å². The number of hydrogen-bond donors (Lipinski definition) is 0. The molecule has 54 valence electrons. The highest BCUT2D eigenvalue weighted by molar-refractivity contribution is 6.58. The standard InChI is InChI=1S/C8H19B/c1-7(2)6-9(5)8(3)4/h7-8H,6H2,1-5H3. The first kappa shape index (κ1) is 9.06. The lowest BCUT2D eigenvalue weighted by atomic mass is 9.40. The van der Waals surface area contributed by atoms with Gasteiger partial charge >= 0.3 is 0 Å². The van der Waals surface area contributed by atoms with Crippen LogP contribution in [0, 0.1) is 5.92 Å². The summed E-state index contributed by atoms with van der Waals surface area (Å²) in [5.74, 6) is 1.72. The molecular formula is C8H19B. The van der Waals surface area contributed by atoms with E-state index in [-0.39, 0.29) is 0 Å². The molecule has 0 atom stereocenters. The highest BCUT2D eigenvalue weighted by Crippen LogP contribution is 2.15. The van der Waals surface area contributed by atoms with Crippen LogP contribution in [0.1, 0.15) is 27.7 Å². The van der Waals surface area contributed by atoms with Crippen molar-refractivity contribution in [3.05, 3.63) is 0 Å². The van der Waals surface area contributed by atoms with Crippen LogP contribution in [0.2, 0.25) is 19.0 Å². The Bertz CT molecular complexity index is 67.0. The molecule has 0 aliphatic carbocycles. The van der Waals surface area contributed by atoms with E-state index >= 15 is 0 Å². The third-order valence-corrected chi connectivity index (χ3v) is 1.98. The third kappa shape index (κ3) is 4.56. The fourth-order valence-corrected chi connectivity index (χ4v) is 1.02. The van der Waals surface area contributed by atoms with Crippen molar-refractivity contribution in [2.75, 3.05) is 0 Å². The van der Waals surface area contributed by atoms with Gasteiger partial charge in [0.2, 0.25) is 0 Å². The van der Waals surface area contributed by atoms with Crippen molar-refractivity contribution in [3.63, 3.8) is 0 Å². The van der Waals surface area contributed by atoms with E-state index in [1.807, 2.05) is 0 Å². The zero-order chi connectivity index (χ0) is 7.44. The molecule has 0 fully saturated rings. The lowest BCUT2D eigenvalue weighted by Gasteiger charge is -2.13. The Kier molecular flexibility index (Phi) is 4.00. The van der Waals surface area contributed by atoms with Gasteiger partial charge in [-0.1, -0.05) is 52.6 Å². The van der Waals surface area contributed by atoms with Gasteiger partial charge in [0.1, 0.15) is 6.71 Å². The fraction of sp³-hybridized carbons (Fsp3) is 1.00. The molecule has 0 saturated heterocycles. The molecule has 0 aliphatic heterocycles. The predicted molar refractivity (Wildman–Crippen MR) is 46.4 cm³/mol. The molecular weight excluding hydrogens is 107 g/mol. The molecule has 0 bridgehead atoms. The summed E-state index contributed by atoms with van der Waals surface area (Å²) in [5, 5.41) is 0. The number of rotatable bonds is 3. The first-order chi connectivity index (χ1) is 4.04. The van der Waals surface area contributed by atoms with Crippen molar-refractivity contribution in [2.45, 2.75) is 46.7 Å². The molecule has 0 nitrogen and oxygen atoms in total. The lowest BCUT2D eigenvalue weighted by molar-refractivity contribution is 0.718. The van der Waals surface area contributed by atoms with Crippen LogP contribution in [0.4, 0.5) is 0 Å². The minimum Gasteiger partial charge on any atom is -0.0859 e. The van der Waals surface area contributed by atoms with Gasteiger partial charge in [-0.2, -0.15) is 0 Å². The van der Waals surface area contributed by atoms with Gasteiger partial charge in [-0.15, -0.1) is 0 Å². The molecule has 0 saturated carbocycles. The molecule has 0 N–H and O–H groups in total. The second-order valence-electron chi connectivity index (χ2n) is 3.85. The van der Waals surface area contributed by atoms with Gasteiger partial charge in [0, 0.05) is 0 Å². The molecule has 0 heterocycles. The van der Waals surface area contributed by atoms with Gasteiger partial charge < -0.3 is 0 Å². The summed E-state index contributed by atoms with van der Waals surface area (Å²) in [7, 11) is 0. The Balaban J connectivity index is 3.38. The Morgan fingerprint density at radius 3 is 1.67 bits per heavy atom. The molecule has 0 aromatic heterocycles. The Morgan fingerprint density at radius 2 is 1.56 bits per heavy atom. The number of hydrogen-bond acceptors (Lipinski definition) is 0. The summed E-state index contributed by atoms with van der Waals surface area (Å²) >= 11 is 0. The molecule has 0 aromatic rings. The average molecular weight is 126 g/mol. The van der Waals surface area contributed by atoms with Crippen molar-refractivity contribution in [1.29, 1.82) is 0 Å². The summed E-state index contributed by atoms with van der Waals surface area (Å²) < 4.78 is 0. The molecule has 0 aliphatic rings.